The summed E-state index contributed by atoms with van der Waals surface area (Å²) in [6, 6.07) is 13.3. The van der Waals surface area contributed by atoms with Crippen LogP contribution in [-0.4, -0.2) is 17.7 Å². The molecule has 0 saturated carbocycles. The van der Waals surface area contributed by atoms with Gasteiger partial charge >= 0.3 is 6.03 Å². The maximum absolute atomic E-state index is 11.7. The van der Waals surface area contributed by atoms with E-state index in [-0.39, 0.29) is 11.7 Å². The van der Waals surface area contributed by atoms with Gasteiger partial charge in [-0.2, -0.15) is 0 Å². The van der Waals surface area contributed by atoms with Gasteiger partial charge in [-0.15, -0.1) is 11.8 Å². The molecule has 0 radical (unpaired) electrons. The fourth-order valence-corrected chi connectivity index (χ4v) is 2.59. The van der Waals surface area contributed by atoms with E-state index in [0.717, 1.165) is 4.90 Å². The molecule has 2 rings (SSSR count). The van der Waals surface area contributed by atoms with Gasteiger partial charge in [-0.25, -0.2) is 10.2 Å². The second-order valence-electron chi connectivity index (χ2n) is 4.38. The van der Waals surface area contributed by atoms with Gasteiger partial charge in [0.2, 0.25) is 5.91 Å². The van der Waals surface area contributed by atoms with Gasteiger partial charge in [0, 0.05) is 20.6 Å². The molecule has 0 fully saturated rings. The number of halogens is 2. The van der Waals surface area contributed by atoms with E-state index in [1.54, 1.807) is 36.4 Å². The Hall–Kier alpha value is -1.89. The van der Waals surface area contributed by atoms with Crippen molar-refractivity contribution in [2.45, 2.75) is 4.90 Å². The minimum Gasteiger partial charge on any atom is -0.307 e. The van der Waals surface area contributed by atoms with Crippen LogP contribution in [0.1, 0.15) is 0 Å². The highest BCUT2D eigenvalue weighted by Gasteiger charge is 2.06. The predicted octanol–water partition coefficient (Wildman–Crippen LogP) is 3.94. The number of thioether (sulfide) groups is 1. The van der Waals surface area contributed by atoms with Gasteiger partial charge in [-0.3, -0.25) is 10.2 Å². The summed E-state index contributed by atoms with van der Waals surface area (Å²) in [6.07, 6.45) is 0. The molecule has 3 N–H and O–H groups in total. The molecule has 0 aromatic heterocycles. The van der Waals surface area contributed by atoms with Crippen LogP contribution in [0.25, 0.3) is 0 Å². The lowest BCUT2D eigenvalue weighted by molar-refractivity contribution is -0.119. The van der Waals surface area contributed by atoms with Crippen LogP contribution in [0.5, 0.6) is 0 Å². The maximum atomic E-state index is 11.7. The highest BCUT2D eigenvalue weighted by molar-refractivity contribution is 8.00. The monoisotopic (exact) mass is 369 g/mol. The summed E-state index contributed by atoms with van der Waals surface area (Å²) in [5.41, 5.74) is 5.11. The standard InChI is InChI=1S/C15H13Cl2N3O2S/c16-10-4-6-13(7-5-10)23-9-14(21)19-20-15(22)18-12-3-1-2-11(17)8-12/h1-8H,9H2,(H,19,21)(H2,18,20,22). The topological polar surface area (TPSA) is 70.2 Å². The zero-order chi connectivity index (χ0) is 16.7. The lowest BCUT2D eigenvalue weighted by atomic mass is 10.3. The number of hydrogen-bond acceptors (Lipinski definition) is 3. The summed E-state index contributed by atoms with van der Waals surface area (Å²) in [4.78, 5) is 24.2. The normalized spacial score (nSPS) is 10.0. The van der Waals surface area contributed by atoms with Crippen molar-refractivity contribution in [3.05, 3.63) is 58.6 Å². The van der Waals surface area contributed by atoms with Gasteiger partial charge in [-0.05, 0) is 42.5 Å². The van der Waals surface area contributed by atoms with Gasteiger partial charge in [0.25, 0.3) is 0 Å². The van der Waals surface area contributed by atoms with Crippen LogP contribution in [-0.2, 0) is 4.79 Å². The summed E-state index contributed by atoms with van der Waals surface area (Å²) in [6.45, 7) is 0. The average molecular weight is 370 g/mol. The molecule has 2 aromatic rings. The van der Waals surface area contributed by atoms with Crippen LogP contribution in [0.15, 0.2) is 53.4 Å². The highest BCUT2D eigenvalue weighted by Crippen LogP contribution is 2.19. The summed E-state index contributed by atoms with van der Waals surface area (Å²) >= 11 is 12.9. The molecule has 0 aliphatic carbocycles. The van der Waals surface area contributed by atoms with Crippen molar-refractivity contribution in [2.24, 2.45) is 0 Å². The Morgan fingerprint density at radius 2 is 1.70 bits per heavy atom. The van der Waals surface area contributed by atoms with Crippen molar-refractivity contribution in [2.75, 3.05) is 11.1 Å². The number of urea groups is 1. The van der Waals surface area contributed by atoms with E-state index < -0.39 is 6.03 Å². The Balaban J connectivity index is 1.71. The second kappa shape index (κ2) is 8.67. The molecule has 0 bridgehead atoms. The summed E-state index contributed by atoms with van der Waals surface area (Å²) in [7, 11) is 0. The summed E-state index contributed by atoms with van der Waals surface area (Å²) in [5, 5.41) is 3.69. The lowest BCUT2D eigenvalue weighted by Crippen LogP contribution is -2.44. The molecule has 0 aliphatic heterocycles. The van der Waals surface area contributed by atoms with Crippen LogP contribution < -0.4 is 16.2 Å². The van der Waals surface area contributed by atoms with Crippen molar-refractivity contribution in [1.82, 2.24) is 10.9 Å². The highest BCUT2D eigenvalue weighted by atomic mass is 35.5. The van der Waals surface area contributed by atoms with Crippen LogP contribution in [0.2, 0.25) is 10.0 Å². The predicted molar refractivity (Wildman–Crippen MR) is 93.9 cm³/mol. The van der Waals surface area contributed by atoms with Crippen LogP contribution in [0.4, 0.5) is 10.5 Å². The van der Waals surface area contributed by atoms with E-state index in [1.807, 2.05) is 12.1 Å². The zero-order valence-electron chi connectivity index (χ0n) is 11.8. The lowest BCUT2D eigenvalue weighted by Gasteiger charge is -2.09. The molecule has 0 heterocycles. The Morgan fingerprint density at radius 3 is 2.39 bits per heavy atom. The van der Waals surface area contributed by atoms with Gasteiger partial charge in [0.05, 0.1) is 5.75 Å². The molecule has 3 amide bonds. The van der Waals surface area contributed by atoms with E-state index in [4.69, 9.17) is 23.2 Å². The molecule has 120 valence electrons. The molecule has 0 unspecified atom stereocenters. The van der Waals surface area contributed by atoms with Gasteiger partial charge in [-0.1, -0.05) is 29.3 Å². The van der Waals surface area contributed by atoms with Crippen molar-refractivity contribution < 1.29 is 9.59 Å². The van der Waals surface area contributed by atoms with Crippen LogP contribution >= 0.6 is 35.0 Å². The third kappa shape index (κ3) is 6.40. The number of hydrazine groups is 1. The molecule has 8 heteroatoms. The van der Waals surface area contributed by atoms with Crippen molar-refractivity contribution >= 4 is 52.6 Å². The third-order valence-corrected chi connectivity index (χ3v) is 4.08. The number of amides is 3. The van der Waals surface area contributed by atoms with E-state index in [2.05, 4.69) is 16.2 Å². The van der Waals surface area contributed by atoms with Gasteiger partial charge in [0.1, 0.15) is 0 Å². The summed E-state index contributed by atoms with van der Waals surface area (Å²) in [5.74, 6) is -0.162. The fourth-order valence-electron chi connectivity index (χ4n) is 1.57. The molecule has 23 heavy (non-hydrogen) atoms. The Bertz CT molecular complexity index is 695. The Kier molecular flexibility index (Phi) is 6.58. The van der Waals surface area contributed by atoms with Crippen molar-refractivity contribution in [3.63, 3.8) is 0 Å². The minimum absolute atomic E-state index is 0.166. The zero-order valence-corrected chi connectivity index (χ0v) is 14.1. The molecule has 5 nitrogen and oxygen atoms in total. The molecule has 0 atom stereocenters. The van der Waals surface area contributed by atoms with Crippen molar-refractivity contribution in [1.29, 1.82) is 0 Å². The quantitative estimate of drug-likeness (QED) is 0.564. The smallest absolute Gasteiger partial charge is 0.307 e. The number of rotatable bonds is 4. The number of hydrogen-bond donors (Lipinski definition) is 3. The van der Waals surface area contributed by atoms with E-state index in [1.165, 1.54) is 11.8 Å². The fraction of sp³-hybridized carbons (Fsp3) is 0.0667. The molecular formula is C15H13Cl2N3O2S. The van der Waals surface area contributed by atoms with Gasteiger partial charge in [0.15, 0.2) is 0 Å². The Labute approximate surface area is 147 Å². The third-order valence-electron chi connectivity index (χ3n) is 2.58. The van der Waals surface area contributed by atoms with E-state index in [9.17, 15) is 9.59 Å². The van der Waals surface area contributed by atoms with Crippen molar-refractivity contribution in [3.8, 4) is 0 Å². The van der Waals surface area contributed by atoms with Crippen LogP contribution in [0.3, 0.4) is 0 Å². The molecule has 0 saturated heterocycles. The number of carbonyl (C=O) groups is 2. The SMILES string of the molecule is O=C(CSc1ccc(Cl)cc1)NNC(=O)Nc1cccc(Cl)c1. The molecule has 2 aromatic carbocycles. The first-order valence-electron chi connectivity index (χ1n) is 6.53. The average Bonchev–Trinajstić information content (AvgIpc) is 2.52. The summed E-state index contributed by atoms with van der Waals surface area (Å²) < 4.78 is 0. The second-order valence-corrected chi connectivity index (χ2v) is 6.30. The van der Waals surface area contributed by atoms with E-state index in [0.29, 0.717) is 15.7 Å². The minimum atomic E-state index is -0.558. The number of benzene rings is 2. The number of anilines is 1. The van der Waals surface area contributed by atoms with Gasteiger partial charge < -0.3 is 5.32 Å². The maximum Gasteiger partial charge on any atom is 0.337 e. The molecule has 0 aliphatic rings. The molecular weight excluding hydrogens is 357 g/mol. The van der Waals surface area contributed by atoms with Crippen LogP contribution in [0, 0.1) is 0 Å². The Morgan fingerprint density at radius 1 is 0.957 bits per heavy atom. The molecule has 0 spiro atoms. The van der Waals surface area contributed by atoms with E-state index >= 15 is 0 Å². The largest absolute Gasteiger partial charge is 0.337 e. The number of nitrogens with one attached hydrogen (secondary N) is 3. The first-order chi connectivity index (χ1) is 11.0. The first kappa shape index (κ1) is 17.5. The first-order valence-corrected chi connectivity index (χ1v) is 8.27. The number of carbonyl (C=O) groups excluding carboxylic acids is 2.